The molecule has 2 rings (SSSR count). The van der Waals surface area contributed by atoms with Crippen LogP contribution < -0.4 is 0 Å². The molecule has 1 aliphatic carbocycles. The highest BCUT2D eigenvalue weighted by Gasteiger charge is 2.46. The molecule has 130 valence electrons. The van der Waals surface area contributed by atoms with E-state index < -0.39 is 0 Å². The predicted molar refractivity (Wildman–Crippen MR) is 97.4 cm³/mol. The normalized spacial score (nSPS) is 35.6. The van der Waals surface area contributed by atoms with Crippen molar-refractivity contribution in [2.45, 2.75) is 78.4 Å². The van der Waals surface area contributed by atoms with Crippen molar-refractivity contribution in [2.24, 2.45) is 10.8 Å². The van der Waals surface area contributed by atoms with Crippen LogP contribution in [0, 0.1) is 10.8 Å². The van der Waals surface area contributed by atoms with E-state index in [1.54, 1.807) is 0 Å². The number of aliphatic hydroxyl groups excluding tert-OH is 1. The first-order chi connectivity index (χ1) is 10.7. The SMILES string of the molecule is C/C(=C\CC[C@@]1(C)C=CC=C[C@]1(C)CCO)CC[C@@H]1OC1(C)C. The summed E-state index contributed by atoms with van der Waals surface area (Å²) >= 11 is 0. The van der Waals surface area contributed by atoms with Gasteiger partial charge in [-0.1, -0.05) is 49.8 Å². The molecule has 2 nitrogen and oxygen atoms in total. The van der Waals surface area contributed by atoms with E-state index in [1.165, 1.54) is 5.57 Å². The van der Waals surface area contributed by atoms with Crippen molar-refractivity contribution in [3.8, 4) is 0 Å². The zero-order valence-electron chi connectivity index (χ0n) is 15.6. The van der Waals surface area contributed by atoms with E-state index in [9.17, 15) is 5.11 Å². The first-order valence-electron chi connectivity index (χ1n) is 9.04. The second-order valence-corrected chi connectivity index (χ2v) is 8.36. The minimum absolute atomic E-state index is 0.0458. The average molecular weight is 319 g/mol. The number of aliphatic hydroxyl groups is 1. The van der Waals surface area contributed by atoms with Gasteiger partial charge in [0.1, 0.15) is 0 Å². The van der Waals surface area contributed by atoms with Crippen LogP contribution in [-0.2, 0) is 4.74 Å². The van der Waals surface area contributed by atoms with E-state index in [4.69, 9.17) is 4.74 Å². The van der Waals surface area contributed by atoms with Gasteiger partial charge in [-0.25, -0.2) is 0 Å². The lowest BCUT2D eigenvalue weighted by Crippen LogP contribution is -2.36. The lowest BCUT2D eigenvalue weighted by atomic mass is 9.60. The summed E-state index contributed by atoms with van der Waals surface area (Å²) in [4.78, 5) is 0. The lowest BCUT2D eigenvalue weighted by Gasteiger charge is -2.44. The number of rotatable bonds is 8. The Morgan fingerprint density at radius 2 is 1.65 bits per heavy atom. The Labute approximate surface area is 142 Å². The van der Waals surface area contributed by atoms with Gasteiger partial charge in [-0.05, 0) is 63.7 Å². The van der Waals surface area contributed by atoms with Crippen LogP contribution >= 0.6 is 0 Å². The molecular weight excluding hydrogens is 284 g/mol. The van der Waals surface area contributed by atoms with Gasteiger partial charge < -0.3 is 9.84 Å². The van der Waals surface area contributed by atoms with Gasteiger partial charge in [-0.2, -0.15) is 0 Å². The fourth-order valence-corrected chi connectivity index (χ4v) is 3.71. The first-order valence-corrected chi connectivity index (χ1v) is 9.04. The van der Waals surface area contributed by atoms with Gasteiger partial charge in [-0.15, -0.1) is 0 Å². The van der Waals surface area contributed by atoms with E-state index >= 15 is 0 Å². The van der Waals surface area contributed by atoms with Crippen molar-refractivity contribution in [1.82, 2.24) is 0 Å². The third-order valence-electron chi connectivity index (χ3n) is 6.10. The molecule has 1 heterocycles. The zero-order valence-corrected chi connectivity index (χ0v) is 15.6. The van der Waals surface area contributed by atoms with Crippen molar-refractivity contribution in [3.05, 3.63) is 36.0 Å². The maximum atomic E-state index is 9.42. The summed E-state index contributed by atoms with van der Waals surface area (Å²) in [6.45, 7) is 11.4. The van der Waals surface area contributed by atoms with Gasteiger partial charge in [0, 0.05) is 6.61 Å². The highest BCUT2D eigenvalue weighted by atomic mass is 16.6. The van der Waals surface area contributed by atoms with E-state index in [0.29, 0.717) is 6.10 Å². The lowest BCUT2D eigenvalue weighted by molar-refractivity contribution is 0.118. The Hall–Kier alpha value is -0.860. The van der Waals surface area contributed by atoms with Crippen LogP contribution in [0.25, 0.3) is 0 Å². The first kappa shape index (κ1) is 18.5. The van der Waals surface area contributed by atoms with E-state index in [0.717, 1.165) is 32.1 Å². The Morgan fingerprint density at radius 1 is 1.09 bits per heavy atom. The van der Waals surface area contributed by atoms with Crippen LogP contribution in [0.4, 0.5) is 0 Å². The molecule has 1 N–H and O–H groups in total. The van der Waals surface area contributed by atoms with Crippen LogP contribution in [0.5, 0.6) is 0 Å². The molecule has 0 saturated carbocycles. The summed E-state index contributed by atoms with van der Waals surface area (Å²) in [7, 11) is 0. The maximum Gasteiger partial charge on any atom is 0.0892 e. The van der Waals surface area contributed by atoms with Gasteiger partial charge in [0.15, 0.2) is 0 Å². The number of allylic oxidation sites excluding steroid dienone is 6. The molecule has 2 heteroatoms. The molecule has 0 bridgehead atoms. The molecule has 1 aliphatic heterocycles. The van der Waals surface area contributed by atoms with Crippen LogP contribution in [0.1, 0.15) is 66.7 Å². The molecule has 0 aromatic carbocycles. The van der Waals surface area contributed by atoms with Gasteiger partial charge in [0.2, 0.25) is 0 Å². The van der Waals surface area contributed by atoms with Gasteiger partial charge >= 0.3 is 0 Å². The standard InChI is InChI=1S/C21H34O2/c1-17(10-11-18-19(2,3)23-18)9-8-14-20(4)12-6-7-13-21(20,5)15-16-22/h6-7,9,12-13,18,22H,8,10-11,14-16H2,1-5H3/b17-9+/t18-,20+,21+/m0/s1. The van der Waals surface area contributed by atoms with Crippen LogP contribution in [-0.4, -0.2) is 23.4 Å². The molecule has 23 heavy (non-hydrogen) atoms. The van der Waals surface area contributed by atoms with Gasteiger partial charge in [0.05, 0.1) is 11.7 Å². The molecule has 0 spiro atoms. The van der Waals surface area contributed by atoms with Crippen LogP contribution in [0.15, 0.2) is 36.0 Å². The molecule has 0 aromatic heterocycles. The summed E-state index contributed by atoms with van der Waals surface area (Å²) in [6, 6.07) is 0. The van der Waals surface area contributed by atoms with Crippen molar-refractivity contribution >= 4 is 0 Å². The minimum atomic E-state index is 0.0458. The Morgan fingerprint density at radius 3 is 2.17 bits per heavy atom. The Bertz CT molecular complexity index is 500. The monoisotopic (exact) mass is 318 g/mol. The molecule has 0 amide bonds. The smallest absolute Gasteiger partial charge is 0.0892 e. The second-order valence-electron chi connectivity index (χ2n) is 8.36. The fraction of sp³-hybridized carbons (Fsp3) is 0.714. The molecular formula is C21H34O2. The third-order valence-corrected chi connectivity index (χ3v) is 6.10. The Kier molecular flexibility index (Phi) is 5.58. The van der Waals surface area contributed by atoms with Crippen molar-refractivity contribution in [1.29, 1.82) is 0 Å². The summed E-state index contributed by atoms with van der Waals surface area (Å²) in [5, 5.41) is 9.42. The fourth-order valence-electron chi connectivity index (χ4n) is 3.71. The van der Waals surface area contributed by atoms with Crippen molar-refractivity contribution in [2.75, 3.05) is 6.61 Å². The topological polar surface area (TPSA) is 32.8 Å². The number of hydrogen-bond acceptors (Lipinski definition) is 2. The predicted octanol–water partition coefficient (Wildman–Crippen LogP) is 5.19. The minimum Gasteiger partial charge on any atom is -0.396 e. The zero-order chi connectivity index (χ0) is 17.1. The van der Waals surface area contributed by atoms with E-state index in [2.05, 4.69) is 65.0 Å². The number of ether oxygens (including phenoxy) is 1. The largest absolute Gasteiger partial charge is 0.396 e. The highest BCUT2D eigenvalue weighted by Crippen LogP contribution is 2.49. The number of hydrogen-bond donors (Lipinski definition) is 1. The molecule has 1 saturated heterocycles. The third kappa shape index (κ3) is 4.36. The summed E-state index contributed by atoms with van der Waals surface area (Å²) in [5.74, 6) is 0. The summed E-state index contributed by atoms with van der Waals surface area (Å²) in [5.41, 5.74) is 1.74. The second kappa shape index (κ2) is 6.94. The molecule has 3 atom stereocenters. The maximum absolute atomic E-state index is 9.42. The summed E-state index contributed by atoms with van der Waals surface area (Å²) in [6.07, 6.45) is 17.0. The molecule has 0 radical (unpaired) electrons. The quantitative estimate of drug-likeness (QED) is 0.493. The molecule has 0 aromatic rings. The summed E-state index contributed by atoms with van der Waals surface area (Å²) < 4.78 is 5.66. The molecule has 0 unspecified atom stereocenters. The van der Waals surface area contributed by atoms with E-state index in [1.807, 2.05) is 0 Å². The van der Waals surface area contributed by atoms with Crippen molar-refractivity contribution in [3.63, 3.8) is 0 Å². The van der Waals surface area contributed by atoms with Gasteiger partial charge in [-0.3, -0.25) is 0 Å². The number of epoxide rings is 1. The Balaban J connectivity index is 1.84. The average Bonchev–Trinajstić information content (AvgIpc) is 3.08. The van der Waals surface area contributed by atoms with Crippen LogP contribution in [0.2, 0.25) is 0 Å². The van der Waals surface area contributed by atoms with Crippen molar-refractivity contribution < 1.29 is 9.84 Å². The van der Waals surface area contributed by atoms with Gasteiger partial charge in [0.25, 0.3) is 0 Å². The highest BCUT2D eigenvalue weighted by molar-refractivity contribution is 5.24. The molecule has 2 aliphatic rings. The van der Waals surface area contributed by atoms with E-state index in [-0.39, 0.29) is 23.0 Å². The molecule has 1 fully saturated rings. The van der Waals surface area contributed by atoms with Crippen LogP contribution in [0.3, 0.4) is 0 Å².